The van der Waals surface area contributed by atoms with E-state index in [4.69, 9.17) is 8.85 Å². The van der Waals surface area contributed by atoms with Gasteiger partial charge in [-0.2, -0.15) is 0 Å². The molecule has 0 aliphatic carbocycles. The van der Waals surface area contributed by atoms with E-state index in [1.54, 1.807) is 19.5 Å². The van der Waals surface area contributed by atoms with Crippen molar-refractivity contribution in [1.29, 1.82) is 0 Å². The average molecular weight is 325 g/mol. The Kier molecular flexibility index (Phi) is 6.16. The summed E-state index contributed by atoms with van der Waals surface area (Å²) in [5, 5.41) is 2.90. The lowest BCUT2D eigenvalue weighted by Gasteiger charge is -2.32. The second-order valence-corrected chi connectivity index (χ2v) is 9.51. The number of carbonyl (C=O) groups excluding carboxylic acids is 1. The molecule has 124 valence electrons. The number of hydrogen-bond acceptors (Lipinski definition) is 4. The summed E-state index contributed by atoms with van der Waals surface area (Å²) in [7, 11) is -0.340. The Bertz CT molecular complexity index is 469. The highest BCUT2D eigenvalue weighted by Gasteiger charge is 2.50. The monoisotopic (exact) mass is 325 g/mol. The lowest BCUT2D eigenvalue weighted by Crippen LogP contribution is -2.44. The first-order valence-electron chi connectivity index (χ1n) is 8.08. The molecular weight excluding hydrogens is 298 g/mol. The van der Waals surface area contributed by atoms with Gasteiger partial charge in [-0.25, -0.2) is 9.78 Å². The SMILES string of the molecule is CCC(C)C1CCO[Si]1(CCCNC(=O)n1ccnc1)OC. The van der Waals surface area contributed by atoms with Gasteiger partial charge in [-0.05, 0) is 24.8 Å². The first-order chi connectivity index (χ1) is 10.6. The van der Waals surface area contributed by atoms with Crippen molar-refractivity contribution in [3.8, 4) is 0 Å². The van der Waals surface area contributed by atoms with E-state index in [2.05, 4.69) is 24.1 Å². The van der Waals surface area contributed by atoms with E-state index in [0.717, 1.165) is 31.9 Å². The topological polar surface area (TPSA) is 65.4 Å². The fraction of sp³-hybridized carbons (Fsp3) is 0.733. The molecule has 1 N–H and O–H groups in total. The van der Waals surface area contributed by atoms with Crippen molar-refractivity contribution in [3.63, 3.8) is 0 Å². The molecule has 2 rings (SSSR count). The summed E-state index contributed by atoms with van der Waals surface area (Å²) in [6.07, 6.45) is 7.88. The van der Waals surface area contributed by atoms with Gasteiger partial charge in [0.25, 0.3) is 0 Å². The maximum absolute atomic E-state index is 11.8. The number of aromatic nitrogens is 2. The second-order valence-electron chi connectivity index (χ2n) is 5.95. The molecule has 0 spiro atoms. The highest BCUT2D eigenvalue weighted by molar-refractivity contribution is 6.69. The zero-order valence-electron chi connectivity index (χ0n) is 13.7. The third-order valence-electron chi connectivity index (χ3n) is 4.73. The Morgan fingerprint density at radius 2 is 2.45 bits per heavy atom. The van der Waals surface area contributed by atoms with E-state index >= 15 is 0 Å². The van der Waals surface area contributed by atoms with Gasteiger partial charge in [0.2, 0.25) is 0 Å². The molecule has 3 atom stereocenters. The zero-order chi connectivity index (χ0) is 16.0. The Hall–Kier alpha value is -1.18. The number of nitrogens with zero attached hydrogens (tertiary/aromatic N) is 2. The summed E-state index contributed by atoms with van der Waals surface area (Å²) in [4.78, 5) is 15.7. The number of imidazole rings is 1. The minimum absolute atomic E-state index is 0.142. The van der Waals surface area contributed by atoms with E-state index in [1.807, 2.05) is 0 Å². The largest absolute Gasteiger partial charge is 0.397 e. The fourth-order valence-corrected chi connectivity index (χ4v) is 7.41. The molecule has 2 heterocycles. The highest BCUT2D eigenvalue weighted by atomic mass is 28.4. The number of carbonyl (C=O) groups is 1. The predicted molar refractivity (Wildman–Crippen MR) is 87.0 cm³/mol. The molecule has 0 aromatic carbocycles. The average Bonchev–Trinajstić information content (AvgIpc) is 3.20. The standard InChI is InChI=1S/C15H27N3O3Si/c1-4-13(2)14-6-10-21-22(14,20-3)11-5-7-17-15(19)18-9-8-16-12-18/h8-9,12-14H,4-7,10-11H2,1-3H3,(H,17,19). The first kappa shape index (κ1) is 17.2. The van der Waals surface area contributed by atoms with Crippen molar-refractivity contribution in [2.75, 3.05) is 20.3 Å². The molecule has 0 bridgehead atoms. The van der Waals surface area contributed by atoms with Crippen LogP contribution in [0.25, 0.3) is 0 Å². The minimum Gasteiger partial charge on any atom is -0.397 e. The molecule has 1 saturated heterocycles. The smallest absolute Gasteiger partial charge is 0.341 e. The summed E-state index contributed by atoms with van der Waals surface area (Å²) >= 11 is 0. The number of rotatable bonds is 7. The molecule has 7 heteroatoms. The molecule has 0 saturated carbocycles. The Balaban J connectivity index is 1.82. The van der Waals surface area contributed by atoms with Crippen LogP contribution < -0.4 is 5.32 Å². The van der Waals surface area contributed by atoms with E-state index in [0.29, 0.717) is 18.0 Å². The van der Waals surface area contributed by atoms with Crippen molar-refractivity contribution >= 4 is 14.6 Å². The van der Waals surface area contributed by atoms with Crippen LogP contribution in [-0.4, -0.2) is 44.4 Å². The number of hydrogen-bond donors (Lipinski definition) is 1. The summed E-state index contributed by atoms with van der Waals surface area (Å²) in [5.41, 5.74) is 0.562. The maximum Gasteiger partial charge on any atom is 0.341 e. The van der Waals surface area contributed by atoms with Gasteiger partial charge in [-0.15, -0.1) is 0 Å². The van der Waals surface area contributed by atoms with E-state index in [-0.39, 0.29) is 6.03 Å². The quantitative estimate of drug-likeness (QED) is 0.618. The van der Waals surface area contributed by atoms with Crippen LogP contribution in [0.1, 0.15) is 33.1 Å². The molecule has 3 unspecified atom stereocenters. The Morgan fingerprint density at radius 1 is 1.64 bits per heavy atom. The molecule has 1 aromatic rings. The number of nitrogens with one attached hydrogen (secondary N) is 1. The Labute approximate surface area is 133 Å². The molecule has 1 aliphatic rings. The maximum atomic E-state index is 11.8. The van der Waals surface area contributed by atoms with E-state index in [1.165, 1.54) is 10.9 Å². The first-order valence-corrected chi connectivity index (χ1v) is 10.2. The van der Waals surface area contributed by atoms with Gasteiger partial charge in [0, 0.05) is 38.2 Å². The van der Waals surface area contributed by atoms with Gasteiger partial charge in [0.1, 0.15) is 6.33 Å². The third-order valence-corrected chi connectivity index (χ3v) is 9.16. The van der Waals surface area contributed by atoms with Crippen molar-refractivity contribution in [3.05, 3.63) is 18.7 Å². The summed E-state index contributed by atoms with van der Waals surface area (Å²) in [5.74, 6) is 0.634. The fourth-order valence-electron chi connectivity index (χ4n) is 3.26. The molecule has 22 heavy (non-hydrogen) atoms. The summed E-state index contributed by atoms with van der Waals surface area (Å²) in [6.45, 7) is 5.96. The van der Waals surface area contributed by atoms with Crippen LogP contribution in [0.5, 0.6) is 0 Å². The molecule has 6 nitrogen and oxygen atoms in total. The molecule has 1 aromatic heterocycles. The number of amides is 1. The normalized spacial score (nSPS) is 26.0. The van der Waals surface area contributed by atoms with Crippen LogP contribution in [0.15, 0.2) is 18.7 Å². The van der Waals surface area contributed by atoms with E-state index < -0.39 is 8.56 Å². The lowest BCUT2D eigenvalue weighted by molar-refractivity contribution is 0.227. The van der Waals surface area contributed by atoms with E-state index in [9.17, 15) is 4.79 Å². The van der Waals surface area contributed by atoms with Crippen LogP contribution in [0.4, 0.5) is 4.79 Å². The molecule has 1 amide bonds. The molecule has 1 aliphatic heterocycles. The lowest BCUT2D eigenvalue weighted by atomic mass is 10.0. The molecular formula is C15H27N3O3Si. The summed E-state index contributed by atoms with van der Waals surface area (Å²) < 4.78 is 13.4. The van der Waals surface area contributed by atoms with Crippen molar-refractivity contribution < 1.29 is 13.6 Å². The van der Waals surface area contributed by atoms with Gasteiger partial charge < -0.3 is 14.2 Å². The van der Waals surface area contributed by atoms with Gasteiger partial charge >= 0.3 is 14.6 Å². The zero-order valence-corrected chi connectivity index (χ0v) is 14.7. The van der Waals surface area contributed by atoms with Crippen LogP contribution >= 0.6 is 0 Å². The van der Waals surface area contributed by atoms with Crippen LogP contribution in [-0.2, 0) is 8.85 Å². The van der Waals surface area contributed by atoms with Crippen LogP contribution in [0.3, 0.4) is 0 Å². The molecule has 1 fully saturated rings. The second kappa shape index (κ2) is 7.89. The van der Waals surface area contributed by atoms with Gasteiger partial charge in [0.05, 0.1) is 0 Å². The highest BCUT2D eigenvalue weighted by Crippen LogP contribution is 2.43. The van der Waals surface area contributed by atoms with Gasteiger partial charge in [0.15, 0.2) is 0 Å². The van der Waals surface area contributed by atoms with Gasteiger partial charge in [-0.3, -0.25) is 4.57 Å². The van der Waals surface area contributed by atoms with Crippen molar-refractivity contribution in [2.24, 2.45) is 5.92 Å². The Morgan fingerprint density at radius 3 is 3.09 bits per heavy atom. The molecule has 0 radical (unpaired) electrons. The van der Waals surface area contributed by atoms with Gasteiger partial charge in [-0.1, -0.05) is 20.3 Å². The third kappa shape index (κ3) is 3.77. The van der Waals surface area contributed by atoms with Crippen LogP contribution in [0.2, 0.25) is 11.6 Å². The predicted octanol–water partition coefficient (Wildman–Crippen LogP) is 2.76. The summed E-state index contributed by atoms with van der Waals surface area (Å²) in [6, 6.07) is 0.791. The minimum atomic E-state index is -2.13. The van der Waals surface area contributed by atoms with Crippen LogP contribution in [0, 0.1) is 5.92 Å². The van der Waals surface area contributed by atoms with Crippen molar-refractivity contribution in [1.82, 2.24) is 14.9 Å². The van der Waals surface area contributed by atoms with Crippen molar-refractivity contribution in [2.45, 2.75) is 44.7 Å².